The van der Waals surface area contributed by atoms with Crippen molar-refractivity contribution >= 4 is 46.7 Å². The predicted molar refractivity (Wildman–Crippen MR) is 202 cm³/mol. The average Bonchev–Trinajstić information content (AvgIpc) is 4.02. The number of amides is 1. The minimum Gasteiger partial charge on any atom is -0.489 e. The van der Waals surface area contributed by atoms with Crippen molar-refractivity contribution in [3.8, 4) is 11.5 Å². The summed E-state index contributed by atoms with van der Waals surface area (Å²) < 4.78 is 49.7. The van der Waals surface area contributed by atoms with Crippen molar-refractivity contribution in [2.75, 3.05) is 25.0 Å². The number of hydrogen-bond donors (Lipinski definition) is 2. The van der Waals surface area contributed by atoms with Crippen molar-refractivity contribution in [1.29, 1.82) is 0 Å². The van der Waals surface area contributed by atoms with E-state index in [1.807, 2.05) is 6.07 Å². The second-order valence-corrected chi connectivity index (χ2v) is 15.6. The lowest BCUT2D eigenvalue weighted by Crippen LogP contribution is -2.85. The minimum absolute atomic E-state index is 0.0232. The van der Waals surface area contributed by atoms with Crippen LogP contribution in [0.1, 0.15) is 75.2 Å². The van der Waals surface area contributed by atoms with Gasteiger partial charge < -0.3 is 30.0 Å². The van der Waals surface area contributed by atoms with Crippen molar-refractivity contribution < 1.29 is 42.1 Å². The molecule has 5 fully saturated rings. The highest BCUT2D eigenvalue weighted by molar-refractivity contribution is 6.35. The van der Waals surface area contributed by atoms with Crippen LogP contribution in [0, 0.1) is 11.8 Å². The van der Waals surface area contributed by atoms with E-state index in [2.05, 4.69) is 15.2 Å². The molecular formula is C41H38Cl2F2N4O7. The van der Waals surface area contributed by atoms with Gasteiger partial charge in [0.15, 0.2) is 17.5 Å². The quantitative estimate of drug-likeness (QED) is 0.109. The molecule has 0 radical (unpaired) electrons. The van der Waals surface area contributed by atoms with Gasteiger partial charge in [-0.3, -0.25) is 14.7 Å². The maximum atomic E-state index is 14.1. The van der Waals surface area contributed by atoms with E-state index >= 15 is 0 Å². The lowest BCUT2D eigenvalue weighted by molar-refractivity contribution is -0.296. The number of aromatic nitrogens is 1. The highest BCUT2D eigenvalue weighted by Gasteiger charge is 2.70. The van der Waals surface area contributed by atoms with Crippen molar-refractivity contribution in [3.05, 3.63) is 117 Å². The summed E-state index contributed by atoms with van der Waals surface area (Å²) in [7, 11) is 0. The lowest BCUT2D eigenvalue weighted by atomic mass is 9.54. The molecule has 4 bridgehead atoms. The van der Waals surface area contributed by atoms with Crippen LogP contribution >= 0.6 is 23.2 Å². The molecule has 4 aromatic rings. The lowest BCUT2D eigenvalue weighted by Gasteiger charge is -2.72. The molecule has 1 amide bonds. The number of primary amides is 1. The molecule has 15 heteroatoms. The Hall–Kier alpha value is -4.98. The van der Waals surface area contributed by atoms with Gasteiger partial charge in [0.1, 0.15) is 11.7 Å². The number of nitrogens with one attached hydrogen (secondary N) is 1. The Morgan fingerprint density at radius 1 is 0.946 bits per heavy atom. The number of hydrogen-bond acceptors (Lipinski definition) is 10. The van der Waals surface area contributed by atoms with Gasteiger partial charge in [0.05, 0.1) is 28.3 Å². The number of benzene rings is 3. The number of alkyl halides is 2. The Kier molecular flexibility index (Phi) is 10.5. The molecule has 6 atom stereocenters. The van der Waals surface area contributed by atoms with E-state index in [0.717, 1.165) is 32.2 Å². The molecule has 3 aliphatic heterocycles. The Bertz CT molecular complexity index is 2130. The first kappa shape index (κ1) is 37.9. The molecule has 4 unspecified atom stereocenters. The van der Waals surface area contributed by atoms with E-state index < -0.39 is 42.2 Å². The highest BCUT2D eigenvalue weighted by Crippen LogP contribution is 2.58. The number of nitrogens with zero attached hydrogens (tertiary/aromatic N) is 2. The molecule has 1 aromatic heterocycles. The Labute approximate surface area is 331 Å². The second kappa shape index (κ2) is 15.5. The number of anilines is 1. The molecule has 5 aliphatic rings. The van der Waals surface area contributed by atoms with Gasteiger partial charge in [0, 0.05) is 42.5 Å². The summed E-state index contributed by atoms with van der Waals surface area (Å²) in [4.78, 5) is 47.1. The molecular weight excluding hydrogens is 769 g/mol. The number of esters is 2. The van der Waals surface area contributed by atoms with Gasteiger partial charge in [-0.25, -0.2) is 9.59 Å². The Morgan fingerprint density at radius 2 is 1.70 bits per heavy atom. The molecule has 3 aromatic carbocycles. The molecule has 2 saturated carbocycles. The van der Waals surface area contributed by atoms with Gasteiger partial charge in [-0.1, -0.05) is 59.6 Å². The van der Waals surface area contributed by atoms with Gasteiger partial charge in [0.25, 0.3) is 0 Å². The summed E-state index contributed by atoms with van der Waals surface area (Å²) in [5, 5.41) is 3.62. The summed E-state index contributed by atoms with van der Waals surface area (Å²) in [5.74, 6) is -1.70. The fourth-order valence-corrected chi connectivity index (χ4v) is 8.48. The largest absolute Gasteiger partial charge is 0.489 e. The zero-order chi connectivity index (χ0) is 39.1. The number of ether oxygens (including phenoxy) is 4. The van der Waals surface area contributed by atoms with Crippen LogP contribution in [-0.2, 0) is 20.7 Å². The number of halogens is 4. The van der Waals surface area contributed by atoms with E-state index in [1.54, 1.807) is 24.3 Å². The fourth-order valence-electron chi connectivity index (χ4n) is 7.96. The number of nitrogens with two attached hydrogens (primary N) is 1. The number of pyridine rings is 1. The van der Waals surface area contributed by atoms with Crippen LogP contribution in [0.4, 0.5) is 14.5 Å². The smallest absolute Gasteiger partial charge is 0.387 e. The van der Waals surface area contributed by atoms with Crippen LogP contribution in [0.5, 0.6) is 11.5 Å². The van der Waals surface area contributed by atoms with E-state index in [-0.39, 0.29) is 50.8 Å². The summed E-state index contributed by atoms with van der Waals surface area (Å²) >= 11 is 13.0. The third-order valence-electron chi connectivity index (χ3n) is 11.2. The van der Waals surface area contributed by atoms with E-state index in [0.29, 0.717) is 41.7 Å². The van der Waals surface area contributed by atoms with Gasteiger partial charge in [-0.15, -0.1) is 0 Å². The van der Waals surface area contributed by atoms with E-state index in [4.69, 9.17) is 47.9 Å². The average molecular weight is 808 g/mol. The highest BCUT2D eigenvalue weighted by atomic mass is 35.5. The molecule has 3 saturated heterocycles. The van der Waals surface area contributed by atoms with Crippen molar-refractivity contribution in [2.45, 2.75) is 62.5 Å². The zero-order valence-corrected chi connectivity index (χ0v) is 31.5. The van der Waals surface area contributed by atoms with E-state index in [9.17, 15) is 23.2 Å². The van der Waals surface area contributed by atoms with Crippen molar-refractivity contribution in [3.63, 3.8) is 0 Å². The van der Waals surface area contributed by atoms with E-state index in [1.165, 1.54) is 48.8 Å². The molecule has 9 rings (SSSR count). The first-order chi connectivity index (χ1) is 27.0. The molecule has 0 spiro atoms. The summed E-state index contributed by atoms with van der Waals surface area (Å²) in [5.41, 5.74) is 6.78. The maximum Gasteiger partial charge on any atom is 0.387 e. The van der Waals surface area contributed by atoms with Gasteiger partial charge >= 0.3 is 18.6 Å². The third kappa shape index (κ3) is 7.72. The second-order valence-electron chi connectivity index (χ2n) is 14.8. The molecule has 2 aliphatic carbocycles. The van der Waals surface area contributed by atoms with Gasteiger partial charge in [-0.05, 0) is 85.2 Å². The van der Waals surface area contributed by atoms with Crippen molar-refractivity contribution in [1.82, 2.24) is 9.88 Å². The van der Waals surface area contributed by atoms with Crippen LogP contribution in [0.2, 0.25) is 10.0 Å². The molecule has 292 valence electrons. The predicted octanol–water partition coefficient (Wildman–Crippen LogP) is 7.56. The normalized spacial score (nSPS) is 22.8. The topological polar surface area (TPSA) is 142 Å². The van der Waals surface area contributed by atoms with Crippen LogP contribution in [0.3, 0.4) is 0 Å². The first-order valence-electron chi connectivity index (χ1n) is 18.4. The molecule has 4 heterocycles. The first-order valence-corrected chi connectivity index (χ1v) is 19.2. The summed E-state index contributed by atoms with van der Waals surface area (Å²) in [6.07, 6.45) is 5.53. The number of carbonyl (C=O) groups is 3. The minimum atomic E-state index is -3.10. The number of fused-ring (bicyclic) bond motifs is 1. The number of rotatable bonds is 16. The van der Waals surface area contributed by atoms with Crippen molar-refractivity contribution in [2.24, 2.45) is 17.6 Å². The molecule has 56 heavy (non-hydrogen) atoms. The van der Waals surface area contributed by atoms with Crippen LogP contribution < -0.4 is 20.5 Å². The molecule has 3 N–H and O–H groups in total. The monoisotopic (exact) mass is 806 g/mol. The zero-order valence-electron chi connectivity index (χ0n) is 30.0. The van der Waals surface area contributed by atoms with Crippen LogP contribution in [0.15, 0.2) is 79.1 Å². The van der Waals surface area contributed by atoms with Crippen LogP contribution in [0.25, 0.3) is 0 Å². The number of piperidine rings is 4. The fraction of sp³-hybridized carbons (Fsp3) is 0.366. The van der Waals surface area contributed by atoms with Gasteiger partial charge in [-0.2, -0.15) is 8.78 Å². The summed E-state index contributed by atoms with van der Waals surface area (Å²) in [6.45, 7) is -1.10. The standard InChI is InChI=1S/C41H38Cl2F2N4O7/c42-30-18-47-19-31(43)29(30)17-33(24-8-9-32(55-40(44)45)34(15-24)53-20-22-6-7-22)54-38(51)26-12-25(37(46)50)13-28(14-26)48-36(23-4-2-1-3-5-23)39(52)56-41-21-49-11-10-27(41)16-35(41)49/h1-5,8-9,12-15,18-19,22,27,33,35-36,40,48H,6-7,10-11,16-17,20-21H2,(H2,46,50)/t27?,33-,35?,36?,41+/m0/s1. The Balaban J connectivity index is 1.10. The van der Waals surface area contributed by atoms with Gasteiger partial charge in [0.2, 0.25) is 5.91 Å². The maximum absolute atomic E-state index is 14.1. The Morgan fingerprint density at radius 3 is 2.34 bits per heavy atom. The number of carbonyl (C=O) groups excluding carboxylic acids is 3. The van der Waals surface area contributed by atoms with Crippen LogP contribution in [-0.4, -0.2) is 65.7 Å². The SMILES string of the molecule is NC(=O)c1cc(NC(C(=O)O[C@]23CN4CCC2CC43)c2ccccc2)cc(C(=O)O[C@@H](Cc2c(Cl)cncc2Cl)c2ccc(OC(F)F)c(OCC3CC3)c2)c1. The third-order valence-corrected chi connectivity index (χ3v) is 11.8. The summed E-state index contributed by atoms with van der Waals surface area (Å²) in [6, 6.07) is 16.7. The molecule has 11 nitrogen and oxygen atoms in total.